The molecule has 2 rings (SSSR count). The second-order valence-corrected chi connectivity index (χ2v) is 4.97. The predicted octanol–water partition coefficient (Wildman–Crippen LogP) is -0.0619. The van der Waals surface area contributed by atoms with Crippen molar-refractivity contribution < 1.29 is 22.4 Å². The lowest BCUT2D eigenvalue weighted by Crippen LogP contribution is -2.45. The van der Waals surface area contributed by atoms with E-state index in [0.717, 1.165) is 0 Å². The van der Waals surface area contributed by atoms with Crippen LogP contribution in [0.2, 0.25) is 0 Å². The third kappa shape index (κ3) is 2.34. The molecule has 0 aromatic carbocycles. The maximum absolute atomic E-state index is 11.2. The zero-order valence-corrected chi connectivity index (χ0v) is 10.1. The van der Waals surface area contributed by atoms with Crippen LogP contribution >= 0.6 is 0 Å². The van der Waals surface area contributed by atoms with Crippen molar-refractivity contribution in [2.24, 2.45) is 5.92 Å². The van der Waals surface area contributed by atoms with E-state index in [4.69, 9.17) is 4.42 Å². The standard InChI is InChI=1S/C10H13NO5S/c1-15-10(12)8-3-2-7(16-8)9(17(13)14)6-4-11-5-6/h2-3,6,9,11,17H,4-5H2,1H3. The molecule has 1 saturated heterocycles. The minimum atomic E-state index is -2.63. The first-order valence-corrected chi connectivity index (χ1v) is 6.40. The SMILES string of the molecule is COC(=O)c1ccc(C(C2CNC2)[SH](=O)=O)o1. The molecule has 1 aromatic rings. The smallest absolute Gasteiger partial charge is 0.373 e. The van der Waals surface area contributed by atoms with Crippen LogP contribution in [-0.4, -0.2) is 34.6 Å². The van der Waals surface area contributed by atoms with Gasteiger partial charge in [0.1, 0.15) is 11.0 Å². The van der Waals surface area contributed by atoms with Crippen molar-refractivity contribution >= 4 is 16.7 Å². The van der Waals surface area contributed by atoms with Gasteiger partial charge in [0.25, 0.3) is 0 Å². The second-order valence-electron chi connectivity index (χ2n) is 3.84. The van der Waals surface area contributed by atoms with Crippen molar-refractivity contribution in [3.05, 3.63) is 23.7 Å². The molecule has 1 N–H and O–H groups in total. The van der Waals surface area contributed by atoms with E-state index in [1.54, 1.807) is 0 Å². The van der Waals surface area contributed by atoms with Crippen LogP contribution in [0.5, 0.6) is 0 Å². The van der Waals surface area contributed by atoms with Gasteiger partial charge in [-0.1, -0.05) is 0 Å². The molecule has 0 saturated carbocycles. The fourth-order valence-corrected chi connectivity index (χ4v) is 2.67. The first kappa shape index (κ1) is 12.1. The van der Waals surface area contributed by atoms with Crippen LogP contribution in [0, 0.1) is 5.92 Å². The molecule has 0 aliphatic carbocycles. The summed E-state index contributed by atoms with van der Waals surface area (Å²) in [7, 11) is -1.39. The Labute approximate surface area is 99.9 Å². The molecule has 94 valence electrons. The first-order chi connectivity index (χ1) is 8.13. The maximum atomic E-state index is 11.2. The highest BCUT2D eigenvalue weighted by molar-refractivity contribution is 7.72. The topological polar surface area (TPSA) is 85.6 Å². The summed E-state index contributed by atoms with van der Waals surface area (Å²) >= 11 is 0. The Bertz CT molecular complexity index is 481. The molecule has 0 bridgehead atoms. The van der Waals surface area contributed by atoms with Crippen LogP contribution in [0.3, 0.4) is 0 Å². The van der Waals surface area contributed by atoms with Crippen molar-refractivity contribution in [3.63, 3.8) is 0 Å². The molecule has 1 fully saturated rings. The van der Waals surface area contributed by atoms with Crippen LogP contribution in [-0.2, 0) is 15.4 Å². The van der Waals surface area contributed by atoms with E-state index < -0.39 is 21.9 Å². The number of methoxy groups -OCH3 is 1. The van der Waals surface area contributed by atoms with Crippen molar-refractivity contribution in [3.8, 4) is 0 Å². The molecule has 1 unspecified atom stereocenters. The number of nitrogens with one attached hydrogen (secondary N) is 1. The van der Waals surface area contributed by atoms with Gasteiger partial charge in [0.15, 0.2) is 10.7 Å². The highest BCUT2D eigenvalue weighted by atomic mass is 32.2. The van der Waals surface area contributed by atoms with Crippen LogP contribution in [0.15, 0.2) is 16.5 Å². The van der Waals surface area contributed by atoms with Crippen molar-refractivity contribution in [2.75, 3.05) is 20.2 Å². The number of hydrogen-bond donors (Lipinski definition) is 2. The monoisotopic (exact) mass is 259 g/mol. The first-order valence-electron chi connectivity index (χ1n) is 5.15. The summed E-state index contributed by atoms with van der Waals surface area (Å²) in [6, 6.07) is 2.94. The fraction of sp³-hybridized carbons (Fsp3) is 0.500. The largest absolute Gasteiger partial charge is 0.463 e. The number of ether oxygens (including phenoxy) is 1. The average Bonchev–Trinajstić information content (AvgIpc) is 2.70. The lowest BCUT2D eigenvalue weighted by molar-refractivity contribution is 0.0562. The molecule has 0 spiro atoms. The lowest BCUT2D eigenvalue weighted by Gasteiger charge is -2.30. The van der Waals surface area contributed by atoms with Gasteiger partial charge in [0.05, 0.1) is 7.11 Å². The van der Waals surface area contributed by atoms with E-state index in [1.165, 1.54) is 19.2 Å². The lowest BCUT2D eigenvalue weighted by atomic mass is 9.97. The number of rotatable bonds is 4. The van der Waals surface area contributed by atoms with Crippen LogP contribution in [0.4, 0.5) is 0 Å². The fourth-order valence-electron chi connectivity index (χ4n) is 1.76. The number of thiol groups is 1. The Morgan fingerprint density at radius 3 is 2.71 bits per heavy atom. The molecule has 1 atom stereocenters. The molecular formula is C10H13NO5S. The van der Waals surface area contributed by atoms with Gasteiger partial charge in [-0.15, -0.1) is 0 Å². The van der Waals surface area contributed by atoms with E-state index in [1.807, 2.05) is 0 Å². The molecule has 2 heterocycles. The van der Waals surface area contributed by atoms with Crippen molar-refractivity contribution in [2.45, 2.75) is 5.25 Å². The number of carbonyl (C=O) groups is 1. The zero-order chi connectivity index (χ0) is 12.4. The molecule has 6 nitrogen and oxygen atoms in total. The Morgan fingerprint density at radius 2 is 2.24 bits per heavy atom. The molecule has 1 aliphatic heterocycles. The summed E-state index contributed by atoms with van der Waals surface area (Å²) in [6.45, 7) is 1.28. The summed E-state index contributed by atoms with van der Waals surface area (Å²) in [5.41, 5.74) is 0. The zero-order valence-electron chi connectivity index (χ0n) is 9.21. The molecule has 17 heavy (non-hydrogen) atoms. The van der Waals surface area contributed by atoms with Gasteiger partial charge in [0.2, 0.25) is 5.76 Å². The molecule has 1 aromatic heterocycles. The van der Waals surface area contributed by atoms with Gasteiger partial charge in [-0.25, -0.2) is 13.2 Å². The summed E-state index contributed by atoms with van der Waals surface area (Å²) in [4.78, 5) is 11.2. The quantitative estimate of drug-likeness (QED) is 0.582. The highest BCUT2D eigenvalue weighted by Crippen LogP contribution is 2.29. The third-order valence-corrected chi connectivity index (χ3v) is 3.92. The maximum Gasteiger partial charge on any atom is 0.373 e. The number of esters is 1. The Balaban J connectivity index is 2.24. The van der Waals surface area contributed by atoms with Crippen LogP contribution in [0.25, 0.3) is 0 Å². The molecule has 0 amide bonds. The Hall–Kier alpha value is -1.34. The number of furan rings is 1. The van der Waals surface area contributed by atoms with E-state index >= 15 is 0 Å². The summed E-state index contributed by atoms with van der Waals surface area (Å²) < 4.78 is 32.2. The molecule has 7 heteroatoms. The summed E-state index contributed by atoms with van der Waals surface area (Å²) in [5, 5.41) is 2.33. The van der Waals surface area contributed by atoms with E-state index in [2.05, 4.69) is 10.1 Å². The minimum Gasteiger partial charge on any atom is -0.463 e. The summed E-state index contributed by atoms with van der Waals surface area (Å²) in [6.07, 6.45) is 0. The average molecular weight is 259 g/mol. The molecule has 1 aliphatic rings. The molecular weight excluding hydrogens is 246 g/mol. The summed E-state index contributed by atoms with van der Waals surface area (Å²) in [5.74, 6) is -0.278. The van der Waals surface area contributed by atoms with Crippen LogP contribution in [0.1, 0.15) is 21.6 Å². The second kappa shape index (κ2) is 4.89. The normalized spacial score (nSPS) is 17.8. The highest BCUT2D eigenvalue weighted by Gasteiger charge is 2.33. The number of hydrogen-bond acceptors (Lipinski definition) is 6. The van der Waals surface area contributed by atoms with Gasteiger partial charge in [-0.2, -0.15) is 0 Å². The van der Waals surface area contributed by atoms with Crippen LogP contribution < -0.4 is 5.32 Å². The minimum absolute atomic E-state index is 0.00718. The predicted molar refractivity (Wildman–Crippen MR) is 59.5 cm³/mol. The van der Waals surface area contributed by atoms with Gasteiger partial charge in [-0.3, -0.25) is 0 Å². The van der Waals surface area contributed by atoms with E-state index in [0.29, 0.717) is 18.8 Å². The molecule has 0 radical (unpaired) electrons. The van der Waals surface area contributed by atoms with Crippen molar-refractivity contribution in [1.29, 1.82) is 0 Å². The van der Waals surface area contributed by atoms with Crippen molar-refractivity contribution in [1.82, 2.24) is 5.32 Å². The van der Waals surface area contributed by atoms with Gasteiger partial charge < -0.3 is 14.5 Å². The van der Waals surface area contributed by atoms with Gasteiger partial charge in [0, 0.05) is 19.0 Å². The third-order valence-electron chi connectivity index (χ3n) is 2.79. The van der Waals surface area contributed by atoms with Gasteiger partial charge in [-0.05, 0) is 12.1 Å². The van der Waals surface area contributed by atoms with E-state index in [9.17, 15) is 13.2 Å². The number of carbonyl (C=O) groups excluding carboxylic acids is 1. The Kier molecular flexibility index (Phi) is 3.49. The van der Waals surface area contributed by atoms with E-state index in [-0.39, 0.29) is 11.7 Å². The Morgan fingerprint density at radius 1 is 1.53 bits per heavy atom. The van der Waals surface area contributed by atoms with Gasteiger partial charge >= 0.3 is 5.97 Å².